The molecule has 0 saturated carbocycles. The van der Waals surface area contributed by atoms with Crippen molar-refractivity contribution in [2.45, 2.75) is 68.9 Å². The SMILES string of the molecule is CC(C)(C)c1ccc2c(c1)[CH]([Zr]([CH3])([CH3])(=[C](c1ccccc1)c1ccccc1)[CH]1C=CC=C1)c1cc(C(C)(C)C)ccc1-2. The van der Waals surface area contributed by atoms with Gasteiger partial charge in [0.15, 0.2) is 0 Å². The van der Waals surface area contributed by atoms with Gasteiger partial charge in [-0.25, -0.2) is 0 Å². The molecular weight excluding hydrogens is 584 g/mol. The summed E-state index contributed by atoms with van der Waals surface area (Å²) in [7, 11) is 0. The van der Waals surface area contributed by atoms with E-state index in [1.165, 1.54) is 44.5 Å². The number of allylic oxidation sites excluding steroid dienone is 4. The zero-order chi connectivity index (χ0) is 29.9. The van der Waals surface area contributed by atoms with Crippen LogP contribution in [0.2, 0.25) is 12.9 Å². The number of benzene rings is 4. The van der Waals surface area contributed by atoms with E-state index in [1.807, 2.05) is 0 Å². The third kappa shape index (κ3) is 4.64. The molecule has 0 radical (unpaired) electrons. The molecule has 0 aliphatic heterocycles. The van der Waals surface area contributed by atoms with E-state index < -0.39 is 18.3 Å². The van der Waals surface area contributed by atoms with E-state index in [0.717, 1.165) is 0 Å². The fraction of sp³-hybridized carbons (Fsp3) is 0.293. The molecule has 4 aromatic carbocycles. The molecule has 0 spiro atoms. The monoisotopic (exact) mass is 628 g/mol. The van der Waals surface area contributed by atoms with E-state index in [1.54, 1.807) is 3.21 Å². The van der Waals surface area contributed by atoms with Crippen LogP contribution in [-0.2, 0) is 29.1 Å². The second-order valence-corrected chi connectivity index (χ2v) is 32.7. The Morgan fingerprint density at radius 2 is 0.952 bits per heavy atom. The topological polar surface area (TPSA) is 0 Å². The van der Waals surface area contributed by atoms with Crippen LogP contribution in [0.4, 0.5) is 0 Å². The maximum absolute atomic E-state index is 4.27. The van der Waals surface area contributed by atoms with Gasteiger partial charge in [-0.3, -0.25) is 0 Å². The van der Waals surface area contributed by atoms with Gasteiger partial charge in [0.25, 0.3) is 0 Å². The first kappa shape index (κ1) is 29.2. The minimum atomic E-state index is -4.27. The average Bonchev–Trinajstić information content (AvgIpc) is 3.61. The van der Waals surface area contributed by atoms with Crippen molar-refractivity contribution < 1.29 is 18.3 Å². The second kappa shape index (κ2) is 10.1. The molecule has 4 aromatic rings. The summed E-state index contributed by atoms with van der Waals surface area (Å²) in [4.78, 5) is 0. The predicted octanol–water partition coefficient (Wildman–Crippen LogP) is 11.3. The second-order valence-electron chi connectivity index (χ2n) is 15.5. The van der Waals surface area contributed by atoms with Crippen LogP contribution in [0.1, 0.15) is 78.5 Å². The van der Waals surface area contributed by atoms with Crippen LogP contribution in [0.15, 0.2) is 121 Å². The molecule has 0 heterocycles. The first-order valence-corrected chi connectivity index (χ1v) is 24.6. The molecule has 0 unspecified atom stereocenters. The number of hydrogen-bond acceptors (Lipinski definition) is 0. The van der Waals surface area contributed by atoms with Crippen molar-refractivity contribution in [3.63, 3.8) is 0 Å². The molecular formula is C41H46Zr. The summed E-state index contributed by atoms with van der Waals surface area (Å²) in [5.41, 5.74) is 11.7. The molecule has 0 nitrogen and oxygen atoms in total. The third-order valence-corrected chi connectivity index (χ3v) is 27.5. The Hall–Kier alpha value is -2.89. The molecule has 2 aliphatic carbocycles. The summed E-state index contributed by atoms with van der Waals surface area (Å²) >= 11 is -4.27. The molecule has 0 fully saturated rings. The molecule has 0 aromatic heterocycles. The van der Waals surface area contributed by atoms with Crippen LogP contribution in [0, 0.1) is 0 Å². The molecule has 42 heavy (non-hydrogen) atoms. The zero-order valence-electron chi connectivity index (χ0n) is 26.7. The Bertz CT molecular complexity index is 1660. The normalized spacial score (nSPS) is 15.6. The predicted molar refractivity (Wildman–Crippen MR) is 181 cm³/mol. The number of hydrogen-bond donors (Lipinski definition) is 0. The maximum atomic E-state index is 2.76. The summed E-state index contributed by atoms with van der Waals surface area (Å²) < 4.78 is 7.87. The molecule has 0 amide bonds. The van der Waals surface area contributed by atoms with Crippen LogP contribution in [0.3, 0.4) is 0 Å². The fourth-order valence-corrected chi connectivity index (χ4v) is 25.1. The van der Waals surface area contributed by atoms with Gasteiger partial charge in [0.2, 0.25) is 0 Å². The molecule has 6 rings (SSSR count). The molecule has 0 N–H and O–H groups in total. The standard InChI is InChI=1S/C21H25.C13H10.C5H5.2CH3.Zr/c1-20(2,3)16-7-9-18-14(12-16)11-15-13-17(21(4,5)6)8-10-19(15)18;1-3-7-12(8-4-1)11-13-9-5-2-6-10-13;1-2-4-5-3-1;;;/h7-13H,1-6H3;1-10H;1-5H;2*1H3;. The summed E-state index contributed by atoms with van der Waals surface area (Å²) in [6, 6.07) is 37.5. The third-order valence-electron chi connectivity index (χ3n) is 10.3. The van der Waals surface area contributed by atoms with Crippen molar-refractivity contribution in [2.24, 2.45) is 0 Å². The average molecular weight is 630 g/mol. The van der Waals surface area contributed by atoms with Crippen molar-refractivity contribution in [3.05, 3.63) is 155 Å². The molecule has 2 aliphatic rings. The summed E-state index contributed by atoms with van der Waals surface area (Å²) in [5.74, 6) is 0. The Morgan fingerprint density at radius 3 is 1.33 bits per heavy atom. The van der Waals surface area contributed by atoms with Gasteiger partial charge in [-0.2, -0.15) is 0 Å². The Kier molecular flexibility index (Phi) is 7.02. The van der Waals surface area contributed by atoms with Crippen molar-refractivity contribution >= 4 is 3.21 Å². The van der Waals surface area contributed by atoms with Gasteiger partial charge >= 0.3 is 256 Å². The van der Waals surface area contributed by atoms with Crippen molar-refractivity contribution in [1.29, 1.82) is 0 Å². The Labute approximate surface area is 254 Å². The van der Waals surface area contributed by atoms with Crippen LogP contribution >= 0.6 is 0 Å². The summed E-state index contributed by atoms with van der Waals surface area (Å²) in [5, 5.41) is 0. The van der Waals surface area contributed by atoms with Crippen molar-refractivity contribution in [3.8, 4) is 11.1 Å². The Morgan fingerprint density at radius 1 is 0.548 bits per heavy atom. The van der Waals surface area contributed by atoms with Gasteiger partial charge in [0.05, 0.1) is 0 Å². The van der Waals surface area contributed by atoms with E-state index in [2.05, 4.69) is 172 Å². The van der Waals surface area contributed by atoms with Crippen molar-refractivity contribution in [1.82, 2.24) is 0 Å². The van der Waals surface area contributed by atoms with E-state index in [4.69, 9.17) is 0 Å². The van der Waals surface area contributed by atoms with Gasteiger partial charge < -0.3 is 0 Å². The van der Waals surface area contributed by atoms with Crippen LogP contribution in [-0.4, -0.2) is 3.21 Å². The van der Waals surface area contributed by atoms with Gasteiger partial charge in [0.1, 0.15) is 0 Å². The van der Waals surface area contributed by atoms with Gasteiger partial charge in [0, 0.05) is 0 Å². The van der Waals surface area contributed by atoms with Crippen LogP contribution < -0.4 is 0 Å². The minimum absolute atomic E-state index is 0.0796. The number of rotatable bonds is 4. The molecule has 0 saturated heterocycles. The van der Waals surface area contributed by atoms with Gasteiger partial charge in [-0.15, -0.1) is 0 Å². The van der Waals surface area contributed by atoms with Gasteiger partial charge in [-0.05, 0) is 0 Å². The molecule has 0 atom stereocenters. The first-order chi connectivity index (χ1) is 19.8. The van der Waals surface area contributed by atoms with Crippen LogP contribution in [0.5, 0.6) is 0 Å². The quantitative estimate of drug-likeness (QED) is 0.211. The van der Waals surface area contributed by atoms with Crippen molar-refractivity contribution in [2.75, 3.05) is 0 Å². The van der Waals surface area contributed by atoms with E-state index in [-0.39, 0.29) is 10.8 Å². The van der Waals surface area contributed by atoms with E-state index in [0.29, 0.717) is 7.25 Å². The molecule has 0 bridgehead atoms. The van der Waals surface area contributed by atoms with E-state index >= 15 is 0 Å². The number of fused-ring (bicyclic) bond motifs is 3. The van der Waals surface area contributed by atoms with E-state index in [9.17, 15) is 0 Å². The van der Waals surface area contributed by atoms with Gasteiger partial charge in [-0.1, -0.05) is 0 Å². The zero-order valence-corrected chi connectivity index (χ0v) is 29.2. The fourth-order valence-electron chi connectivity index (χ4n) is 7.97. The molecule has 1 heteroatoms. The molecule has 214 valence electrons. The first-order valence-electron chi connectivity index (χ1n) is 15.6. The summed E-state index contributed by atoms with van der Waals surface area (Å²) in [6.07, 6.45) is 9.64. The Balaban J connectivity index is 1.84. The summed E-state index contributed by atoms with van der Waals surface area (Å²) in [6.45, 7) is 14.1. The van der Waals surface area contributed by atoms with Crippen LogP contribution in [0.25, 0.3) is 11.1 Å².